The fraction of sp³-hybridized carbons (Fsp3) is 0.941. The minimum atomic E-state index is -3.58. The summed E-state index contributed by atoms with van der Waals surface area (Å²) in [7, 11) is -3.58. The summed E-state index contributed by atoms with van der Waals surface area (Å²) in [4.78, 5) is 10.4. The van der Waals surface area contributed by atoms with Crippen LogP contribution in [-0.4, -0.2) is 20.2 Å². The normalized spacial score (nSPS) is 11.5. The molecule has 0 aromatic rings. The average Bonchev–Trinajstić information content (AvgIpc) is 2.46. The summed E-state index contributed by atoms with van der Waals surface area (Å²) in [6, 6.07) is -1.25. The van der Waals surface area contributed by atoms with Gasteiger partial charge in [-0.1, -0.05) is 90.4 Å². The van der Waals surface area contributed by atoms with Gasteiger partial charge in [0.25, 0.3) is 0 Å². The number of urea groups is 1. The van der Waals surface area contributed by atoms with Crippen molar-refractivity contribution in [2.75, 3.05) is 5.75 Å². The molecule has 23 heavy (non-hydrogen) atoms. The van der Waals surface area contributed by atoms with E-state index in [0.717, 1.165) is 19.3 Å². The van der Waals surface area contributed by atoms with Crippen LogP contribution in [-0.2, 0) is 10.0 Å². The zero-order valence-electron chi connectivity index (χ0n) is 14.7. The lowest BCUT2D eigenvalue weighted by atomic mass is 10.0. The lowest BCUT2D eigenvalue weighted by molar-refractivity contribution is 0.252. The van der Waals surface area contributed by atoms with Crippen molar-refractivity contribution in [3.05, 3.63) is 0 Å². The molecule has 5 nitrogen and oxygen atoms in total. The van der Waals surface area contributed by atoms with E-state index in [2.05, 4.69) is 6.92 Å². The smallest absolute Gasteiger partial charge is 0.247 e. The number of carbonyl (C=O) groups excluding carboxylic acids is 1. The third-order valence-electron chi connectivity index (χ3n) is 4.01. The van der Waals surface area contributed by atoms with E-state index in [1.807, 2.05) is 0 Å². The Balaban J connectivity index is 3.23. The predicted molar refractivity (Wildman–Crippen MR) is 95.7 cm³/mol. The third kappa shape index (κ3) is 17.4. The third-order valence-corrected chi connectivity index (χ3v) is 5.34. The minimum Gasteiger partial charge on any atom is -0.247 e. The van der Waals surface area contributed by atoms with Crippen molar-refractivity contribution in [1.82, 2.24) is 10.5 Å². The van der Waals surface area contributed by atoms with Crippen LogP contribution in [0.1, 0.15) is 96.8 Å². The Hall–Kier alpha value is -0.780. The molecule has 6 heteroatoms. The van der Waals surface area contributed by atoms with Crippen molar-refractivity contribution in [1.29, 1.82) is 0 Å². The van der Waals surface area contributed by atoms with Crippen molar-refractivity contribution >= 4 is 16.1 Å². The number of nitrogens with one attached hydrogen (secondary N) is 2. The van der Waals surface area contributed by atoms with E-state index in [1.165, 1.54) is 64.2 Å². The first-order chi connectivity index (χ1) is 11.0. The van der Waals surface area contributed by atoms with Crippen LogP contribution < -0.4 is 10.5 Å². The molecule has 0 aliphatic rings. The number of hydrogen-bond donors (Lipinski definition) is 1. The van der Waals surface area contributed by atoms with E-state index in [1.54, 1.807) is 4.72 Å². The van der Waals surface area contributed by atoms with Crippen LogP contribution >= 0.6 is 0 Å². The molecule has 2 amide bonds. The summed E-state index contributed by atoms with van der Waals surface area (Å²) in [6.45, 7) is 2.24. The summed E-state index contributed by atoms with van der Waals surface area (Å²) in [5.41, 5.74) is 6.59. The van der Waals surface area contributed by atoms with Crippen molar-refractivity contribution in [3.63, 3.8) is 0 Å². The van der Waals surface area contributed by atoms with E-state index >= 15 is 0 Å². The Kier molecular flexibility index (Phi) is 14.3. The fourth-order valence-corrected chi connectivity index (χ4v) is 3.65. The quantitative estimate of drug-likeness (QED) is 0.407. The monoisotopic (exact) mass is 347 g/mol. The molecule has 0 aromatic heterocycles. The molecular formula is C17H35N2O3S. The van der Waals surface area contributed by atoms with Gasteiger partial charge in [0.05, 0.1) is 5.75 Å². The molecule has 0 saturated carbocycles. The van der Waals surface area contributed by atoms with Gasteiger partial charge >= 0.3 is 6.03 Å². The van der Waals surface area contributed by atoms with Crippen LogP contribution in [0.25, 0.3) is 0 Å². The Morgan fingerprint density at radius 2 is 1.09 bits per heavy atom. The van der Waals surface area contributed by atoms with Gasteiger partial charge in [0.2, 0.25) is 10.0 Å². The highest BCUT2D eigenvalue weighted by Gasteiger charge is 2.11. The average molecular weight is 348 g/mol. The topological polar surface area (TPSA) is 87.0 Å². The standard InChI is InChI=1S/C17H35N2O3S/c1-2-3-4-5-6-7-8-9-10-11-12-13-14-15-16-23(21,22)19-17(18)20/h18H,2-16H2,1H3,(H,19,20). The van der Waals surface area contributed by atoms with Crippen LogP contribution in [0.5, 0.6) is 0 Å². The predicted octanol–water partition coefficient (Wildman–Crippen LogP) is 4.79. The van der Waals surface area contributed by atoms with Crippen LogP contribution in [0.3, 0.4) is 0 Å². The number of hydrogen-bond acceptors (Lipinski definition) is 3. The van der Waals surface area contributed by atoms with Crippen LogP contribution in [0, 0.1) is 0 Å². The molecule has 2 N–H and O–H groups in total. The Labute approximate surface area is 142 Å². The number of carbonyl (C=O) groups is 1. The van der Waals surface area contributed by atoms with Gasteiger partial charge in [-0.2, -0.15) is 0 Å². The lowest BCUT2D eigenvalue weighted by Crippen LogP contribution is -2.31. The van der Waals surface area contributed by atoms with Crippen LogP contribution in [0.2, 0.25) is 0 Å². The maximum atomic E-state index is 11.3. The van der Waals surface area contributed by atoms with Gasteiger partial charge in [-0.15, -0.1) is 0 Å². The van der Waals surface area contributed by atoms with Crippen molar-refractivity contribution in [2.24, 2.45) is 0 Å². The SMILES string of the molecule is CCCCCCCCCCCCCCCCS(=O)(=O)NC([NH])=O. The zero-order valence-corrected chi connectivity index (χ0v) is 15.6. The molecule has 0 atom stereocenters. The number of unbranched alkanes of at least 4 members (excludes halogenated alkanes) is 13. The van der Waals surface area contributed by atoms with Gasteiger partial charge in [-0.3, -0.25) is 0 Å². The molecule has 0 bridgehead atoms. The second-order valence-corrected chi connectivity index (χ2v) is 8.19. The summed E-state index contributed by atoms with van der Waals surface area (Å²) >= 11 is 0. The first kappa shape index (κ1) is 22.2. The highest BCUT2D eigenvalue weighted by Crippen LogP contribution is 2.13. The first-order valence-electron chi connectivity index (χ1n) is 9.24. The number of amides is 2. The summed E-state index contributed by atoms with van der Waals surface area (Å²) in [5, 5.41) is 0. The Morgan fingerprint density at radius 1 is 0.739 bits per heavy atom. The summed E-state index contributed by atoms with van der Waals surface area (Å²) in [5.74, 6) is -0.0599. The second kappa shape index (κ2) is 14.8. The highest BCUT2D eigenvalue weighted by atomic mass is 32.2. The molecular weight excluding hydrogens is 312 g/mol. The van der Waals surface area contributed by atoms with Gasteiger partial charge in [-0.05, 0) is 6.42 Å². The fourth-order valence-electron chi connectivity index (χ4n) is 2.68. The molecule has 0 unspecified atom stereocenters. The largest absolute Gasteiger partial charge is 0.347 e. The Morgan fingerprint density at radius 3 is 1.43 bits per heavy atom. The van der Waals surface area contributed by atoms with Crippen molar-refractivity contribution in [3.8, 4) is 0 Å². The molecule has 0 aromatic carbocycles. The van der Waals surface area contributed by atoms with E-state index in [-0.39, 0.29) is 5.75 Å². The van der Waals surface area contributed by atoms with Gasteiger partial charge < -0.3 is 0 Å². The van der Waals surface area contributed by atoms with E-state index in [4.69, 9.17) is 5.73 Å². The minimum absolute atomic E-state index is 0.0599. The zero-order chi connectivity index (χ0) is 17.4. The molecule has 0 rings (SSSR count). The van der Waals surface area contributed by atoms with Gasteiger partial charge in [-0.25, -0.2) is 23.7 Å². The molecule has 0 fully saturated rings. The second-order valence-electron chi connectivity index (χ2n) is 6.35. The molecule has 0 heterocycles. The van der Waals surface area contributed by atoms with Gasteiger partial charge in [0.1, 0.15) is 0 Å². The van der Waals surface area contributed by atoms with Crippen LogP contribution in [0.15, 0.2) is 0 Å². The summed E-state index contributed by atoms with van der Waals surface area (Å²) in [6.07, 6.45) is 17.0. The van der Waals surface area contributed by atoms with E-state index in [0.29, 0.717) is 6.42 Å². The Bertz CT molecular complexity index is 383. The molecule has 1 radical (unpaired) electrons. The highest BCUT2D eigenvalue weighted by molar-refractivity contribution is 7.90. The van der Waals surface area contributed by atoms with Gasteiger partial charge in [0, 0.05) is 0 Å². The molecule has 0 spiro atoms. The number of sulfonamides is 1. The van der Waals surface area contributed by atoms with Gasteiger partial charge in [0.15, 0.2) is 0 Å². The molecule has 0 aliphatic carbocycles. The van der Waals surface area contributed by atoms with E-state index in [9.17, 15) is 13.2 Å². The molecule has 0 aliphatic heterocycles. The van der Waals surface area contributed by atoms with Crippen LogP contribution in [0.4, 0.5) is 4.79 Å². The van der Waals surface area contributed by atoms with Crippen molar-refractivity contribution < 1.29 is 13.2 Å². The van der Waals surface area contributed by atoms with E-state index < -0.39 is 16.1 Å². The lowest BCUT2D eigenvalue weighted by Gasteiger charge is -2.04. The summed E-state index contributed by atoms with van der Waals surface area (Å²) < 4.78 is 24.3. The molecule has 137 valence electrons. The number of rotatable bonds is 16. The maximum Gasteiger partial charge on any atom is 0.347 e. The molecule has 0 saturated heterocycles. The maximum absolute atomic E-state index is 11.3. The first-order valence-corrected chi connectivity index (χ1v) is 10.9. The van der Waals surface area contributed by atoms with Crippen molar-refractivity contribution in [2.45, 2.75) is 96.8 Å².